The van der Waals surface area contributed by atoms with Gasteiger partial charge in [-0.05, 0) is 47.5 Å². The molecular weight excluding hydrogens is 273 g/mol. The van der Waals surface area contributed by atoms with Crippen molar-refractivity contribution in [3.05, 3.63) is 46.2 Å². The SMILES string of the molecule is CC=CCCNC(=O)c1ccc(F)cc1Br. The molecule has 1 rings (SSSR count). The highest BCUT2D eigenvalue weighted by atomic mass is 79.9. The number of amides is 1. The topological polar surface area (TPSA) is 29.1 Å². The van der Waals surface area contributed by atoms with E-state index in [1.54, 1.807) is 0 Å². The fraction of sp³-hybridized carbons (Fsp3) is 0.250. The Kier molecular flexibility index (Phi) is 5.19. The third-order valence-electron chi connectivity index (χ3n) is 2.01. The molecule has 0 fully saturated rings. The van der Waals surface area contributed by atoms with Gasteiger partial charge < -0.3 is 5.32 Å². The molecule has 0 radical (unpaired) electrons. The molecule has 1 amide bonds. The van der Waals surface area contributed by atoms with Gasteiger partial charge in [0.25, 0.3) is 5.91 Å². The molecule has 0 atom stereocenters. The molecule has 2 nitrogen and oxygen atoms in total. The molecule has 1 N–H and O–H groups in total. The lowest BCUT2D eigenvalue weighted by molar-refractivity contribution is 0.0953. The van der Waals surface area contributed by atoms with Gasteiger partial charge in [-0.1, -0.05) is 12.2 Å². The third-order valence-corrected chi connectivity index (χ3v) is 2.66. The lowest BCUT2D eigenvalue weighted by Crippen LogP contribution is -2.24. The Hall–Kier alpha value is -1.16. The summed E-state index contributed by atoms with van der Waals surface area (Å²) < 4.78 is 13.3. The molecule has 16 heavy (non-hydrogen) atoms. The minimum absolute atomic E-state index is 0.198. The lowest BCUT2D eigenvalue weighted by Gasteiger charge is -2.05. The molecule has 0 heterocycles. The van der Waals surface area contributed by atoms with Crippen LogP contribution in [0.5, 0.6) is 0 Å². The Balaban J connectivity index is 2.59. The Morgan fingerprint density at radius 3 is 2.94 bits per heavy atom. The summed E-state index contributed by atoms with van der Waals surface area (Å²) in [6, 6.07) is 4.01. The van der Waals surface area contributed by atoms with Crippen LogP contribution in [0, 0.1) is 5.82 Å². The van der Waals surface area contributed by atoms with E-state index in [1.807, 2.05) is 19.1 Å². The maximum atomic E-state index is 12.8. The second-order valence-electron chi connectivity index (χ2n) is 3.24. The average Bonchev–Trinajstić information content (AvgIpc) is 2.24. The quantitative estimate of drug-likeness (QED) is 0.668. The minimum Gasteiger partial charge on any atom is -0.352 e. The fourth-order valence-corrected chi connectivity index (χ4v) is 1.74. The molecule has 4 heteroatoms. The lowest BCUT2D eigenvalue weighted by atomic mass is 10.2. The van der Waals surface area contributed by atoms with Crippen molar-refractivity contribution in [1.29, 1.82) is 0 Å². The largest absolute Gasteiger partial charge is 0.352 e. The maximum Gasteiger partial charge on any atom is 0.252 e. The smallest absolute Gasteiger partial charge is 0.252 e. The number of carbonyl (C=O) groups excluding carboxylic acids is 1. The predicted molar refractivity (Wildman–Crippen MR) is 65.9 cm³/mol. The summed E-state index contributed by atoms with van der Waals surface area (Å²) in [7, 11) is 0. The van der Waals surface area contributed by atoms with Gasteiger partial charge in [0.15, 0.2) is 0 Å². The van der Waals surface area contributed by atoms with Gasteiger partial charge in [-0.3, -0.25) is 4.79 Å². The van der Waals surface area contributed by atoms with Crippen molar-refractivity contribution in [2.45, 2.75) is 13.3 Å². The number of benzene rings is 1. The van der Waals surface area contributed by atoms with Gasteiger partial charge in [-0.15, -0.1) is 0 Å². The van der Waals surface area contributed by atoms with Gasteiger partial charge in [0, 0.05) is 11.0 Å². The van der Waals surface area contributed by atoms with Gasteiger partial charge in [0.2, 0.25) is 0 Å². The molecule has 0 saturated heterocycles. The maximum absolute atomic E-state index is 12.8. The second-order valence-corrected chi connectivity index (χ2v) is 4.09. The van der Waals surface area contributed by atoms with Crippen LogP contribution in [0.3, 0.4) is 0 Å². The van der Waals surface area contributed by atoms with Gasteiger partial charge in [-0.25, -0.2) is 4.39 Å². The minimum atomic E-state index is -0.364. The first-order valence-electron chi connectivity index (χ1n) is 4.99. The first-order chi connectivity index (χ1) is 7.65. The number of hydrogen-bond donors (Lipinski definition) is 1. The summed E-state index contributed by atoms with van der Waals surface area (Å²) in [5.74, 6) is -0.561. The van der Waals surface area contributed by atoms with Crippen LogP contribution < -0.4 is 5.32 Å². The summed E-state index contributed by atoms with van der Waals surface area (Å²) in [5, 5.41) is 2.75. The Labute approximate surface area is 103 Å². The Morgan fingerprint density at radius 2 is 2.31 bits per heavy atom. The molecule has 0 spiro atoms. The predicted octanol–water partition coefficient (Wildman–Crippen LogP) is 3.28. The molecule has 0 unspecified atom stereocenters. The van der Waals surface area contributed by atoms with Crippen molar-refractivity contribution in [1.82, 2.24) is 5.32 Å². The molecule has 0 aliphatic heterocycles. The fourth-order valence-electron chi connectivity index (χ4n) is 1.20. The van der Waals surface area contributed by atoms with E-state index in [9.17, 15) is 9.18 Å². The second kappa shape index (κ2) is 6.43. The van der Waals surface area contributed by atoms with Crippen molar-refractivity contribution in [3.63, 3.8) is 0 Å². The van der Waals surface area contributed by atoms with E-state index in [0.717, 1.165) is 6.42 Å². The zero-order valence-corrected chi connectivity index (χ0v) is 10.6. The van der Waals surface area contributed by atoms with E-state index in [2.05, 4.69) is 21.2 Å². The standard InChI is InChI=1S/C12H13BrFNO/c1-2-3-4-7-15-12(16)10-6-5-9(14)8-11(10)13/h2-3,5-6,8H,4,7H2,1H3,(H,15,16). The summed E-state index contributed by atoms with van der Waals surface area (Å²) in [4.78, 5) is 11.7. The molecule has 0 saturated carbocycles. The molecule has 0 aromatic heterocycles. The number of nitrogens with one attached hydrogen (secondary N) is 1. The van der Waals surface area contributed by atoms with E-state index in [1.165, 1.54) is 18.2 Å². The van der Waals surface area contributed by atoms with Crippen molar-refractivity contribution >= 4 is 21.8 Å². The van der Waals surface area contributed by atoms with E-state index in [0.29, 0.717) is 16.6 Å². The van der Waals surface area contributed by atoms with Crippen molar-refractivity contribution in [2.75, 3.05) is 6.54 Å². The zero-order chi connectivity index (χ0) is 12.0. The van der Waals surface area contributed by atoms with Crippen LogP contribution in [0.2, 0.25) is 0 Å². The molecule has 0 bridgehead atoms. The van der Waals surface area contributed by atoms with Gasteiger partial charge >= 0.3 is 0 Å². The first kappa shape index (κ1) is 12.9. The van der Waals surface area contributed by atoms with E-state index in [4.69, 9.17) is 0 Å². The Morgan fingerprint density at radius 1 is 1.56 bits per heavy atom. The monoisotopic (exact) mass is 285 g/mol. The van der Waals surface area contributed by atoms with Crippen LogP contribution in [0.15, 0.2) is 34.8 Å². The first-order valence-corrected chi connectivity index (χ1v) is 5.79. The van der Waals surface area contributed by atoms with Gasteiger partial charge in [0.05, 0.1) is 5.56 Å². The number of carbonyl (C=O) groups is 1. The number of allylic oxidation sites excluding steroid dienone is 1. The highest BCUT2D eigenvalue weighted by Gasteiger charge is 2.09. The van der Waals surface area contributed by atoms with Crippen LogP contribution in [0.1, 0.15) is 23.7 Å². The number of rotatable bonds is 4. The summed E-state index contributed by atoms with van der Waals surface area (Å²) in [6.45, 7) is 2.51. The molecule has 1 aromatic rings. The van der Waals surface area contributed by atoms with Crippen LogP contribution in [-0.4, -0.2) is 12.5 Å². The molecule has 0 aliphatic rings. The van der Waals surface area contributed by atoms with Crippen molar-refractivity contribution < 1.29 is 9.18 Å². The number of hydrogen-bond acceptors (Lipinski definition) is 1. The van der Waals surface area contributed by atoms with Crippen LogP contribution in [-0.2, 0) is 0 Å². The summed E-state index contributed by atoms with van der Waals surface area (Å²) in [6.07, 6.45) is 4.70. The summed E-state index contributed by atoms with van der Waals surface area (Å²) in [5.41, 5.74) is 0.446. The zero-order valence-electron chi connectivity index (χ0n) is 8.97. The molecule has 1 aromatic carbocycles. The van der Waals surface area contributed by atoms with Crippen molar-refractivity contribution in [2.24, 2.45) is 0 Å². The van der Waals surface area contributed by atoms with E-state index >= 15 is 0 Å². The van der Waals surface area contributed by atoms with E-state index < -0.39 is 0 Å². The van der Waals surface area contributed by atoms with Crippen LogP contribution in [0.4, 0.5) is 4.39 Å². The molecule has 0 aliphatic carbocycles. The highest BCUT2D eigenvalue weighted by molar-refractivity contribution is 9.10. The third kappa shape index (κ3) is 3.77. The van der Waals surface area contributed by atoms with Gasteiger partial charge in [-0.2, -0.15) is 0 Å². The highest BCUT2D eigenvalue weighted by Crippen LogP contribution is 2.17. The Bertz CT molecular complexity index is 404. The van der Waals surface area contributed by atoms with Crippen LogP contribution >= 0.6 is 15.9 Å². The summed E-state index contributed by atoms with van der Waals surface area (Å²) >= 11 is 3.16. The van der Waals surface area contributed by atoms with Crippen molar-refractivity contribution in [3.8, 4) is 0 Å². The number of halogens is 2. The average molecular weight is 286 g/mol. The van der Waals surface area contributed by atoms with Gasteiger partial charge in [0.1, 0.15) is 5.82 Å². The molecule has 86 valence electrons. The normalized spacial score (nSPS) is 10.7. The van der Waals surface area contributed by atoms with E-state index in [-0.39, 0.29) is 11.7 Å². The van der Waals surface area contributed by atoms with Crippen LogP contribution in [0.25, 0.3) is 0 Å². The molecular formula is C12H13BrFNO.